The number of primary amides is 1. The number of aromatic amines is 1. The van der Waals surface area contributed by atoms with Gasteiger partial charge in [-0.15, -0.1) is 0 Å². The maximum absolute atomic E-state index is 13.1. The van der Waals surface area contributed by atoms with Gasteiger partial charge in [0.25, 0.3) is 0 Å². The maximum atomic E-state index is 13.1. The van der Waals surface area contributed by atoms with Crippen molar-refractivity contribution in [3.63, 3.8) is 0 Å². The molecule has 2 rings (SSSR count). The first-order valence-electron chi connectivity index (χ1n) is 11.7. The maximum Gasteiger partial charge on any atom is 0.326 e. The van der Waals surface area contributed by atoms with E-state index in [0.717, 1.165) is 6.42 Å². The van der Waals surface area contributed by atoms with Gasteiger partial charge in [0, 0.05) is 24.9 Å². The van der Waals surface area contributed by atoms with Crippen LogP contribution in [0.4, 0.5) is 0 Å². The molecule has 16 nitrogen and oxygen atoms in total. The van der Waals surface area contributed by atoms with E-state index in [2.05, 4.69) is 36.2 Å². The highest BCUT2D eigenvalue weighted by molar-refractivity contribution is 5.96. The highest BCUT2D eigenvalue weighted by Crippen LogP contribution is 2.08. The Balaban J connectivity index is 2.11. The Bertz CT molecular complexity index is 972. The Morgan fingerprint density at radius 2 is 1.78 bits per heavy atom. The van der Waals surface area contributed by atoms with Crippen LogP contribution in [0.5, 0.6) is 0 Å². The normalized spacial score (nSPS) is 17.1. The number of hydrogen-bond donors (Lipinski definition) is 9. The number of H-pyrrole nitrogens is 1. The third kappa shape index (κ3) is 10.1. The van der Waals surface area contributed by atoms with Crippen LogP contribution >= 0.6 is 0 Å². The number of guanidine groups is 1. The SMILES string of the molecule is NC(=O)CC(NC(=O)C(Cc1cnc[nH]1)NC(=O)C1CCCN1)C(=O)NC(CCCN=C(N)N)C(=O)O. The molecule has 204 valence electrons. The standard InChI is InChI=1S/C21H34N10O6/c22-16(32)8-15(19(35)29-13(20(36)37)4-2-6-27-21(23)24)31-18(34)14(7-11-9-25-10-28-11)30-17(33)12-3-1-5-26-12/h9-10,12-15,26H,1-8H2,(H2,22,32)(H,25,28)(H,29,35)(H,30,33)(H,31,34)(H,36,37)(H4,23,24,27). The van der Waals surface area contributed by atoms with Gasteiger partial charge in [-0.2, -0.15) is 0 Å². The van der Waals surface area contributed by atoms with E-state index < -0.39 is 54.3 Å². The first kappa shape index (κ1) is 29.0. The molecule has 37 heavy (non-hydrogen) atoms. The Hall–Kier alpha value is -4.21. The van der Waals surface area contributed by atoms with Crippen molar-refractivity contribution in [2.45, 2.75) is 62.7 Å². The number of amides is 4. The minimum atomic E-state index is -1.48. The molecule has 0 radical (unpaired) electrons. The zero-order valence-corrected chi connectivity index (χ0v) is 20.2. The van der Waals surface area contributed by atoms with E-state index in [1.54, 1.807) is 0 Å². The molecule has 1 saturated heterocycles. The number of aliphatic carboxylic acids is 1. The van der Waals surface area contributed by atoms with Crippen molar-refractivity contribution >= 4 is 35.6 Å². The van der Waals surface area contributed by atoms with Crippen LogP contribution in [0.1, 0.15) is 37.8 Å². The average molecular weight is 523 g/mol. The second kappa shape index (κ2) is 14.4. The second-order valence-corrected chi connectivity index (χ2v) is 8.57. The number of rotatable bonds is 15. The predicted molar refractivity (Wildman–Crippen MR) is 130 cm³/mol. The van der Waals surface area contributed by atoms with Gasteiger partial charge in [0.1, 0.15) is 18.1 Å². The fourth-order valence-electron chi connectivity index (χ4n) is 3.72. The van der Waals surface area contributed by atoms with Crippen molar-refractivity contribution in [3.8, 4) is 0 Å². The summed E-state index contributed by atoms with van der Waals surface area (Å²) in [5.41, 5.74) is 16.3. The molecule has 4 unspecified atom stereocenters. The van der Waals surface area contributed by atoms with Gasteiger partial charge in [-0.25, -0.2) is 9.78 Å². The number of nitrogens with zero attached hydrogens (tertiary/aromatic N) is 2. The average Bonchev–Trinajstić information content (AvgIpc) is 3.53. The number of hydrogen-bond acceptors (Lipinski definition) is 8. The fraction of sp³-hybridized carbons (Fsp3) is 0.571. The molecule has 0 bridgehead atoms. The zero-order chi connectivity index (χ0) is 27.4. The van der Waals surface area contributed by atoms with E-state index >= 15 is 0 Å². The van der Waals surface area contributed by atoms with Crippen LogP contribution in [0.2, 0.25) is 0 Å². The largest absolute Gasteiger partial charge is 0.480 e. The van der Waals surface area contributed by atoms with E-state index in [1.165, 1.54) is 12.5 Å². The van der Waals surface area contributed by atoms with Crippen molar-refractivity contribution in [3.05, 3.63) is 18.2 Å². The van der Waals surface area contributed by atoms with Crippen LogP contribution in [0.3, 0.4) is 0 Å². The van der Waals surface area contributed by atoms with Gasteiger partial charge < -0.3 is 48.6 Å². The molecule has 1 fully saturated rings. The van der Waals surface area contributed by atoms with Gasteiger partial charge in [-0.1, -0.05) is 0 Å². The van der Waals surface area contributed by atoms with E-state index in [0.29, 0.717) is 18.7 Å². The molecule has 2 heterocycles. The first-order chi connectivity index (χ1) is 17.6. The molecule has 0 aliphatic carbocycles. The van der Waals surface area contributed by atoms with Crippen LogP contribution < -0.4 is 38.5 Å². The van der Waals surface area contributed by atoms with Gasteiger partial charge in [0.05, 0.1) is 18.8 Å². The van der Waals surface area contributed by atoms with Crippen LogP contribution in [0, 0.1) is 0 Å². The highest BCUT2D eigenvalue weighted by atomic mass is 16.4. The Labute approximate surface area is 212 Å². The molecule has 0 spiro atoms. The third-order valence-electron chi connectivity index (χ3n) is 5.59. The van der Waals surface area contributed by atoms with Gasteiger partial charge >= 0.3 is 5.97 Å². The molecule has 0 saturated carbocycles. The number of aromatic nitrogens is 2. The lowest BCUT2D eigenvalue weighted by molar-refractivity contribution is -0.142. The monoisotopic (exact) mass is 522 g/mol. The Morgan fingerprint density at radius 1 is 1.08 bits per heavy atom. The lowest BCUT2D eigenvalue weighted by atomic mass is 10.1. The lowest BCUT2D eigenvalue weighted by Crippen LogP contribution is -2.58. The fourth-order valence-corrected chi connectivity index (χ4v) is 3.72. The Morgan fingerprint density at radius 3 is 2.35 bits per heavy atom. The number of carbonyl (C=O) groups excluding carboxylic acids is 4. The van der Waals surface area contributed by atoms with Crippen LogP contribution in [0.15, 0.2) is 17.5 Å². The summed E-state index contributed by atoms with van der Waals surface area (Å²) >= 11 is 0. The molecule has 12 N–H and O–H groups in total. The number of aliphatic imine (C=N–C) groups is 1. The summed E-state index contributed by atoms with van der Waals surface area (Å²) in [5.74, 6) is -4.45. The molecule has 16 heteroatoms. The number of carboxylic acids is 1. The van der Waals surface area contributed by atoms with Gasteiger partial charge in [-0.3, -0.25) is 24.2 Å². The van der Waals surface area contributed by atoms with Crippen molar-refractivity contribution in [2.75, 3.05) is 13.1 Å². The van der Waals surface area contributed by atoms with Gasteiger partial charge in [-0.05, 0) is 32.2 Å². The third-order valence-corrected chi connectivity index (χ3v) is 5.59. The number of imidazole rings is 1. The van der Waals surface area contributed by atoms with Gasteiger partial charge in [0.2, 0.25) is 23.6 Å². The van der Waals surface area contributed by atoms with Crippen molar-refractivity contribution in [1.29, 1.82) is 0 Å². The summed E-state index contributed by atoms with van der Waals surface area (Å²) in [6.45, 7) is 0.821. The molecule has 1 aromatic rings. The summed E-state index contributed by atoms with van der Waals surface area (Å²) in [5, 5.41) is 19.9. The smallest absolute Gasteiger partial charge is 0.326 e. The minimum absolute atomic E-state index is 0.0119. The molecule has 0 aromatic carbocycles. The summed E-state index contributed by atoms with van der Waals surface area (Å²) in [6.07, 6.45) is 3.98. The lowest BCUT2D eigenvalue weighted by Gasteiger charge is -2.24. The molecule has 1 aromatic heterocycles. The molecule has 1 aliphatic heterocycles. The summed E-state index contributed by atoms with van der Waals surface area (Å²) in [6, 6.07) is -4.39. The number of carbonyl (C=O) groups is 5. The molecule has 1 aliphatic rings. The summed E-state index contributed by atoms with van der Waals surface area (Å²) in [4.78, 5) is 72.4. The number of nitrogens with one attached hydrogen (secondary N) is 5. The zero-order valence-electron chi connectivity index (χ0n) is 20.2. The van der Waals surface area contributed by atoms with Crippen LogP contribution in [-0.4, -0.2) is 87.9 Å². The second-order valence-electron chi connectivity index (χ2n) is 8.57. The molecular formula is C21H34N10O6. The predicted octanol–water partition coefficient (Wildman–Crippen LogP) is -3.83. The van der Waals surface area contributed by atoms with Gasteiger partial charge in [0.15, 0.2) is 5.96 Å². The Kier molecular flexibility index (Phi) is 11.3. The van der Waals surface area contributed by atoms with E-state index in [1.807, 2.05) is 0 Å². The summed E-state index contributed by atoms with van der Waals surface area (Å²) < 4.78 is 0. The van der Waals surface area contributed by atoms with Crippen molar-refractivity contribution in [1.82, 2.24) is 31.2 Å². The van der Waals surface area contributed by atoms with Crippen molar-refractivity contribution in [2.24, 2.45) is 22.2 Å². The van der Waals surface area contributed by atoms with Crippen molar-refractivity contribution < 1.29 is 29.1 Å². The minimum Gasteiger partial charge on any atom is -0.480 e. The topological polar surface area (TPSA) is 273 Å². The van der Waals surface area contributed by atoms with Crippen LogP contribution in [0.25, 0.3) is 0 Å². The quantitative estimate of drug-likeness (QED) is 0.0614. The van der Waals surface area contributed by atoms with Crippen LogP contribution in [-0.2, 0) is 30.4 Å². The number of carboxylic acid groups (broad SMARTS) is 1. The summed E-state index contributed by atoms with van der Waals surface area (Å²) in [7, 11) is 0. The van der Waals surface area contributed by atoms with E-state index in [9.17, 15) is 29.1 Å². The first-order valence-corrected chi connectivity index (χ1v) is 11.7. The molecular weight excluding hydrogens is 488 g/mol. The van der Waals surface area contributed by atoms with E-state index in [4.69, 9.17) is 17.2 Å². The number of nitrogens with two attached hydrogens (primary N) is 3. The van der Waals surface area contributed by atoms with E-state index in [-0.39, 0.29) is 37.7 Å². The highest BCUT2D eigenvalue weighted by Gasteiger charge is 2.32. The molecule has 4 amide bonds. The molecule has 4 atom stereocenters.